The number of benzene rings is 1. The molecule has 0 aliphatic heterocycles. The summed E-state index contributed by atoms with van der Waals surface area (Å²) in [4.78, 5) is 41.7. The van der Waals surface area contributed by atoms with E-state index in [1.807, 2.05) is 36.6 Å². The van der Waals surface area contributed by atoms with E-state index < -0.39 is 12.1 Å². The Morgan fingerprint density at radius 1 is 1.29 bits per heavy atom. The molecule has 0 saturated carbocycles. The number of ether oxygens (including phenoxy) is 1. The molecule has 0 unspecified atom stereocenters. The molecule has 0 spiro atoms. The molecule has 1 aromatic carbocycles. The van der Waals surface area contributed by atoms with E-state index in [1.54, 1.807) is 6.92 Å². The lowest BCUT2D eigenvalue weighted by Crippen LogP contribution is -2.37. The van der Waals surface area contributed by atoms with Crippen LogP contribution in [0, 0.1) is 6.92 Å². The fraction of sp³-hybridized carbons (Fsp3) is 0.300. The van der Waals surface area contributed by atoms with Crippen molar-refractivity contribution in [2.75, 3.05) is 6.54 Å². The molecule has 3 aromatic rings. The Bertz CT molecular complexity index is 1070. The van der Waals surface area contributed by atoms with Gasteiger partial charge in [-0.3, -0.25) is 19.0 Å². The second-order valence-corrected chi connectivity index (χ2v) is 7.26. The summed E-state index contributed by atoms with van der Waals surface area (Å²) in [5.74, 6) is -1.05. The molecule has 1 N–H and O–H groups in total. The van der Waals surface area contributed by atoms with Crippen LogP contribution >= 0.6 is 11.3 Å². The number of aryl methyl sites for hydroxylation is 1. The third kappa shape index (κ3) is 4.12. The molecule has 0 saturated heterocycles. The first-order chi connectivity index (χ1) is 13.4. The smallest absolute Gasteiger partial charge is 0.326 e. The number of likely N-dealkylation sites (N-methyl/N-ethyl adjacent to an activating group) is 1. The first-order valence-corrected chi connectivity index (χ1v) is 9.79. The summed E-state index contributed by atoms with van der Waals surface area (Å²) in [6.45, 7) is 5.40. The van der Waals surface area contributed by atoms with Gasteiger partial charge in [0.15, 0.2) is 6.10 Å². The van der Waals surface area contributed by atoms with Crippen LogP contribution in [0.2, 0.25) is 0 Å². The number of nitrogens with zero attached hydrogens (tertiary/aromatic N) is 2. The van der Waals surface area contributed by atoms with E-state index in [0.717, 1.165) is 16.7 Å². The molecule has 0 aliphatic rings. The zero-order valence-corrected chi connectivity index (χ0v) is 16.7. The molecule has 8 heteroatoms. The highest BCUT2D eigenvalue weighted by Crippen LogP contribution is 2.30. The van der Waals surface area contributed by atoms with Crippen molar-refractivity contribution in [1.29, 1.82) is 0 Å². The molecule has 28 heavy (non-hydrogen) atoms. The van der Waals surface area contributed by atoms with E-state index in [-0.39, 0.29) is 18.0 Å². The average Bonchev–Trinajstić information content (AvgIpc) is 3.09. The zero-order chi connectivity index (χ0) is 20.3. The first-order valence-electron chi connectivity index (χ1n) is 8.91. The Morgan fingerprint density at radius 3 is 2.68 bits per heavy atom. The van der Waals surface area contributed by atoms with Crippen LogP contribution in [-0.2, 0) is 20.9 Å². The molecule has 1 amide bonds. The number of amides is 1. The number of carbonyl (C=O) groups is 2. The van der Waals surface area contributed by atoms with Crippen molar-refractivity contribution in [3.63, 3.8) is 0 Å². The predicted molar refractivity (Wildman–Crippen MR) is 108 cm³/mol. The lowest BCUT2D eigenvalue weighted by molar-refractivity contribution is -0.155. The number of hydrogen-bond acceptors (Lipinski definition) is 6. The van der Waals surface area contributed by atoms with Gasteiger partial charge in [0.1, 0.15) is 11.4 Å². The molecular weight excluding hydrogens is 378 g/mol. The predicted octanol–water partition coefficient (Wildman–Crippen LogP) is 2.50. The van der Waals surface area contributed by atoms with Gasteiger partial charge in [0.05, 0.1) is 11.7 Å². The quantitative estimate of drug-likeness (QED) is 0.643. The van der Waals surface area contributed by atoms with Crippen LogP contribution in [0.5, 0.6) is 0 Å². The molecule has 2 aromatic heterocycles. The Labute approximate surface area is 166 Å². The van der Waals surface area contributed by atoms with Crippen molar-refractivity contribution in [2.24, 2.45) is 0 Å². The van der Waals surface area contributed by atoms with Crippen LogP contribution < -0.4 is 10.9 Å². The Hall–Kier alpha value is -3.00. The van der Waals surface area contributed by atoms with E-state index in [0.29, 0.717) is 16.8 Å². The molecule has 3 rings (SSSR count). The minimum Gasteiger partial charge on any atom is -0.451 e. The molecule has 0 radical (unpaired) electrons. The maximum absolute atomic E-state index is 13.0. The van der Waals surface area contributed by atoms with Gasteiger partial charge in [-0.2, -0.15) is 0 Å². The summed E-state index contributed by atoms with van der Waals surface area (Å²) in [7, 11) is 0. The van der Waals surface area contributed by atoms with Gasteiger partial charge in [-0.25, -0.2) is 4.98 Å². The van der Waals surface area contributed by atoms with Crippen molar-refractivity contribution in [1.82, 2.24) is 14.9 Å². The second kappa shape index (κ2) is 8.35. The van der Waals surface area contributed by atoms with Gasteiger partial charge in [-0.15, -0.1) is 11.3 Å². The van der Waals surface area contributed by atoms with Crippen molar-refractivity contribution in [2.45, 2.75) is 33.4 Å². The number of nitrogens with one attached hydrogen (secondary N) is 1. The SMILES string of the molecule is CCNC(=O)[C@@H](C)OC(=O)Cn1cnc2scc(-c3ccc(C)cc3)c2c1=O. The van der Waals surface area contributed by atoms with E-state index >= 15 is 0 Å². The number of fused-ring (bicyclic) bond motifs is 1. The molecule has 0 fully saturated rings. The van der Waals surface area contributed by atoms with E-state index in [4.69, 9.17) is 4.74 Å². The summed E-state index contributed by atoms with van der Waals surface area (Å²) < 4.78 is 6.32. The number of hydrogen-bond donors (Lipinski definition) is 1. The highest BCUT2D eigenvalue weighted by atomic mass is 32.1. The lowest BCUT2D eigenvalue weighted by Gasteiger charge is -2.13. The van der Waals surface area contributed by atoms with Gasteiger partial charge in [0.2, 0.25) is 0 Å². The van der Waals surface area contributed by atoms with E-state index in [9.17, 15) is 14.4 Å². The fourth-order valence-corrected chi connectivity index (χ4v) is 3.68. The van der Waals surface area contributed by atoms with Gasteiger partial charge < -0.3 is 10.1 Å². The van der Waals surface area contributed by atoms with Gasteiger partial charge in [-0.05, 0) is 26.3 Å². The molecule has 1 atom stereocenters. The standard InChI is InChI=1S/C20H21N3O4S/c1-4-21-18(25)13(3)27-16(24)9-23-11-22-19-17(20(23)26)15(10-28-19)14-7-5-12(2)6-8-14/h5-8,10-11,13H,4,9H2,1-3H3,(H,21,25)/t13-/m1/s1. The normalized spacial score (nSPS) is 12.0. The third-order valence-corrected chi connectivity index (χ3v) is 5.14. The first kappa shape index (κ1) is 19.8. The summed E-state index contributed by atoms with van der Waals surface area (Å²) in [5.41, 5.74) is 2.52. The van der Waals surface area contributed by atoms with Crippen molar-refractivity contribution >= 4 is 33.4 Å². The summed E-state index contributed by atoms with van der Waals surface area (Å²) >= 11 is 1.38. The number of thiophene rings is 1. The third-order valence-electron chi connectivity index (χ3n) is 4.25. The fourth-order valence-electron chi connectivity index (χ4n) is 2.77. The molecule has 2 heterocycles. The summed E-state index contributed by atoms with van der Waals surface area (Å²) in [5, 5.41) is 4.95. The van der Waals surface area contributed by atoms with Crippen LogP contribution in [0.4, 0.5) is 0 Å². The van der Waals surface area contributed by atoms with Crippen molar-refractivity contribution in [3.8, 4) is 11.1 Å². The van der Waals surface area contributed by atoms with Crippen LogP contribution in [0.25, 0.3) is 21.3 Å². The number of esters is 1. The largest absolute Gasteiger partial charge is 0.451 e. The molecule has 146 valence electrons. The van der Waals surface area contributed by atoms with Crippen LogP contribution in [0.3, 0.4) is 0 Å². The van der Waals surface area contributed by atoms with Crippen LogP contribution in [-0.4, -0.2) is 34.1 Å². The topological polar surface area (TPSA) is 90.3 Å². The minimum absolute atomic E-state index is 0.311. The van der Waals surface area contributed by atoms with Crippen LogP contribution in [0.1, 0.15) is 19.4 Å². The van der Waals surface area contributed by atoms with Crippen molar-refractivity contribution in [3.05, 3.63) is 51.9 Å². The minimum atomic E-state index is -0.927. The Morgan fingerprint density at radius 2 is 2.00 bits per heavy atom. The maximum atomic E-state index is 13.0. The lowest BCUT2D eigenvalue weighted by atomic mass is 10.1. The molecule has 7 nitrogen and oxygen atoms in total. The maximum Gasteiger partial charge on any atom is 0.326 e. The number of carbonyl (C=O) groups excluding carboxylic acids is 2. The molecule has 0 aliphatic carbocycles. The van der Waals surface area contributed by atoms with E-state index in [1.165, 1.54) is 29.2 Å². The van der Waals surface area contributed by atoms with Crippen molar-refractivity contribution < 1.29 is 14.3 Å². The van der Waals surface area contributed by atoms with Crippen LogP contribution in [0.15, 0.2) is 40.8 Å². The molecular formula is C20H21N3O4S. The monoisotopic (exact) mass is 399 g/mol. The van der Waals surface area contributed by atoms with Gasteiger partial charge >= 0.3 is 5.97 Å². The average molecular weight is 399 g/mol. The van der Waals surface area contributed by atoms with E-state index in [2.05, 4.69) is 10.3 Å². The summed E-state index contributed by atoms with van der Waals surface area (Å²) in [6, 6.07) is 7.87. The number of aromatic nitrogens is 2. The summed E-state index contributed by atoms with van der Waals surface area (Å²) in [6.07, 6.45) is 0.405. The second-order valence-electron chi connectivity index (χ2n) is 6.40. The molecule has 0 bridgehead atoms. The number of rotatable bonds is 6. The highest BCUT2D eigenvalue weighted by Gasteiger charge is 2.19. The zero-order valence-electron chi connectivity index (χ0n) is 15.9. The highest BCUT2D eigenvalue weighted by molar-refractivity contribution is 7.17. The van der Waals surface area contributed by atoms with Gasteiger partial charge in [-0.1, -0.05) is 29.8 Å². The Kier molecular flexibility index (Phi) is 5.89. The van der Waals surface area contributed by atoms with Gasteiger partial charge in [0, 0.05) is 17.5 Å². The Balaban J connectivity index is 1.87. The van der Waals surface area contributed by atoms with Gasteiger partial charge in [0.25, 0.3) is 11.5 Å².